The van der Waals surface area contributed by atoms with E-state index in [0.29, 0.717) is 5.75 Å². The van der Waals surface area contributed by atoms with Gasteiger partial charge in [0.15, 0.2) is 0 Å². The fourth-order valence-corrected chi connectivity index (χ4v) is 5.90. The molecule has 2 amide bonds. The number of aromatic nitrogens is 1. The number of aliphatic carboxylic acids is 1. The first-order valence-electron chi connectivity index (χ1n) is 12.7. The molecule has 1 saturated heterocycles. The maximum Gasteiger partial charge on any atom is 0.317 e. The zero-order valence-corrected chi connectivity index (χ0v) is 23.3. The molecule has 11 heteroatoms. The van der Waals surface area contributed by atoms with Crippen LogP contribution < -0.4 is 14.8 Å². The molecule has 0 bridgehead atoms. The number of hydrogen-bond donors (Lipinski definition) is 3. The number of ether oxygens (including phenoxy) is 1. The summed E-state index contributed by atoms with van der Waals surface area (Å²) in [5.41, 5.74) is 2.25. The molecule has 39 heavy (non-hydrogen) atoms. The zero-order valence-electron chi connectivity index (χ0n) is 22.5. The van der Waals surface area contributed by atoms with Gasteiger partial charge in [-0.1, -0.05) is 18.2 Å². The topological polar surface area (TPSA) is 138 Å². The van der Waals surface area contributed by atoms with Crippen molar-refractivity contribution >= 4 is 32.9 Å². The smallest absolute Gasteiger partial charge is 0.317 e. The highest BCUT2D eigenvalue weighted by Gasteiger charge is 2.39. The Bertz CT molecular complexity index is 1470. The maximum absolute atomic E-state index is 13.1. The molecular weight excluding hydrogens is 520 g/mol. The van der Waals surface area contributed by atoms with Crippen molar-refractivity contribution in [1.82, 2.24) is 19.9 Å². The molecular formula is C28H34N4O6S. The molecule has 2 atom stereocenters. The van der Waals surface area contributed by atoms with Gasteiger partial charge < -0.3 is 20.1 Å². The Hall–Kier alpha value is -3.70. The predicted molar refractivity (Wildman–Crippen MR) is 147 cm³/mol. The number of amides is 2. The molecule has 0 unspecified atom stereocenters. The van der Waals surface area contributed by atoms with Crippen molar-refractivity contribution < 1.29 is 27.9 Å². The molecule has 4 rings (SSSR count). The Morgan fingerprint density at radius 1 is 1.13 bits per heavy atom. The predicted octanol–water partition coefficient (Wildman–Crippen LogP) is 3.68. The first-order chi connectivity index (χ1) is 18.3. The van der Waals surface area contributed by atoms with Crippen molar-refractivity contribution in [3.05, 3.63) is 65.9 Å². The number of carboxylic acid groups (broad SMARTS) is 1. The van der Waals surface area contributed by atoms with Gasteiger partial charge in [0.1, 0.15) is 12.4 Å². The highest BCUT2D eigenvalue weighted by Crippen LogP contribution is 2.24. The van der Waals surface area contributed by atoms with Gasteiger partial charge in [-0.25, -0.2) is 17.9 Å². The van der Waals surface area contributed by atoms with Crippen LogP contribution in [0.3, 0.4) is 0 Å². The van der Waals surface area contributed by atoms with Gasteiger partial charge in [0.25, 0.3) is 0 Å². The lowest BCUT2D eigenvalue weighted by Crippen LogP contribution is -2.58. The number of carboxylic acids is 1. The summed E-state index contributed by atoms with van der Waals surface area (Å²) < 4.78 is 34.7. The molecule has 3 N–H and O–H groups in total. The van der Waals surface area contributed by atoms with E-state index in [9.17, 15) is 23.1 Å². The molecule has 10 nitrogen and oxygen atoms in total. The van der Waals surface area contributed by atoms with Crippen molar-refractivity contribution in [3.63, 3.8) is 0 Å². The van der Waals surface area contributed by atoms with Gasteiger partial charge in [-0.15, -0.1) is 0 Å². The monoisotopic (exact) mass is 554 g/mol. The fraction of sp³-hybridized carbons (Fsp3) is 0.393. The van der Waals surface area contributed by atoms with E-state index in [2.05, 4.69) is 15.0 Å². The SMILES string of the molecule is Cc1cc(COc2ccc(S(=O)(=O)N[C@@H]3CCN(C(=O)NC(C)(C)C)C[C@@H]3C(=O)O)cc2)c2ccccc2n1. The summed E-state index contributed by atoms with van der Waals surface area (Å²) in [5.74, 6) is -1.76. The second-order valence-corrected chi connectivity index (χ2v) is 12.5. The van der Waals surface area contributed by atoms with Crippen LogP contribution in [-0.4, -0.2) is 60.1 Å². The number of nitrogens with zero attached hydrogens (tertiary/aromatic N) is 2. The zero-order chi connectivity index (χ0) is 28.4. The molecule has 1 aromatic heterocycles. The summed E-state index contributed by atoms with van der Waals surface area (Å²) in [4.78, 5) is 30.4. The van der Waals surface area contributed by atoms with Gasteiger partial charge in [0.05, 0.1) is 16.3 Å². The van der Waals surface area contributed by atoms with E-state index in [0.717, 1.165) is 22.2 Å². The van der Waals surface area contributed by atoms with Gasteiger partial charge in [0, 0.05) is 41.3 Å². The van der Waals surface area contributed by atoms with Crippen LogP contribution in [0.1, 0.15) is 38.4 Å². The van der Waals surface area contributed by atoms with Gasteiger partial charge >= 0.3 is 12.0 Å². The van der Waals surface area contributed by atoms with E-state index in [-0.39, 0.29) is 37.0 Å². The number of urea groups is 1. The number of para-hydroxylation sites is 1. The van der Waals surface area contributed by atoms with Crippen LogP contribution in [0.25, 0.3) is 10.9 Å². The number of fused-ring (bicyclic) bond motifs is 1. The van der Waals surface area contributed by atoms with Crippen LogP contribution >= 0.6 is 0 Å². The lowest BCUT2D eigenvalue weighted by Gasteiger charge is -2.38. The third kappa shape index (κ3) is 7.04. The lowest BCUT2D eigenvalue weighted by atomic mass is 9.93. The van der Waals surface area contributed by atoms with E-state index in [1.54, 1.807) is 12.1 Å². The molecule has 1 aliphatic heterocycles. The summed E-state index contributed by atoms with van der Waals surface area (Å²) in [7, 11) is -4.01. The number of carbonyl (C=O) groups excluding carboxylic acids is 1. The van der Waals surface area contributed by atoms with Gasteiger partial charge in [-0.2, -0.15) is 0 Å². The number of likely N-dealkylation sites (tertiary alicyclic amines) is 1. The normalized spacial score (nSPS) is 18.1. The van der Waals surface area contributed by atoms with Crippen LogP contribution in [-0.2, 0) is 21.4 Å². The number of carbonyl (C=O) groups is 2. The Morgan fingerprint density at radius 2 is 1.82 bits per heavy atom. The molecule has 0 saturated carbocycles. The first-order valence-corrected chi connectivity index (χ1v) is 14.2. The van der Waals surface area contributed by atoms with Crippen LogP contribution in [0, 0.1) is 12.8 Å². The maximum atomic E-state index is 13.1. The molecule has 0 radical (unpaired) electrons. The second kappa shape index (κ2) is 11.2. The standard InChI is InChI=1S/C28H34N4O6S/c1-18-15-19(22-7-5-6-8-24(22)29-18)17-38-20-9-11-21(12-10-20)39(36,37)31-25-13-14-32(16-23(25)26(33)34)27(35)30-28(2,3)4/h5-12,15,23,25,31H,13-14,16-17H2,1-4H3,(H,30,35)(H,33,34)/t23-,25+/m0/s1. The summed E-state index contributed by atoms with van der Waals surface area (Å²) >= 11 is 0. The molecule has 1 fully saturated rings. The number of aryl methyl sites for hydroxylation is 1. The molecule has 0 spiro atoms. The molecule has 2 aromatic carbocycles. The summed E-state index contributed by atoms with van der Waals surface area (Å²) in [6.45, 7) is 7.84. The molecule has 2 heterocycles. The van der Waals surface area contributed by atoms with E-state index >= 15 is 0 Å². The van der Waals surface area contributed by atoms with Crippen molar-refractivity contribution in [3.8, 4) is 5.75 Å². The number of nitrogens with one attached hydrogen (secondary N) is 2. The number of benzene rings is 2. The minimum absolute atomic E-state index is 0.00269. The van der Waals surface area contributed by atoms with Gasteiger partial charge in [0.2, 0.25) is 10.0 Å². The highest BCUT2D eigenvalue weighted by atomic mass is 32.2. The lowest BCUT2D eigenvalue weighted by molar-refractivity contribution is -0.143. The quantitative estimate of drug-likeness (QED) is 0.405. The number of pyridine rings is 1. The van der Waals surface area contributed by atoms with Gasteiger partial charge in [-0.3, -0.25) is 9.78 Å². The molecule has 0 aliphatic carbocycles. The first kappa shape index (κ1) is 28.3. The van der Waals surface area contributed by atoms with E-state index in [4.69, 9.17) is 4.74 Å². The Balaban J connectivity index is 1.41. The number of sulfonamides is 1. The minimum atomic E-state index is -4.01. The van der Waals surface area contributed by atoms with Crippen LogP contribution in [0.5, 0.6) is 5.75 Å². The molecule has 1 aliphatic rings. The van der Waals surface area contributed by atoms with Crippen molar-refractivity contribution in [2.45, 2.75) is 57.2 Å². The Kier molecular flexibility index (Phi) is 8.12. The number of hydrogen-bond acceptors (Lipinski definition) is 6. The van der Waals surface area contributed by atoms with E-state index < -0.39 is 33.5 Å². The van der Waals surface area contributed by atoms with E-state index in [1.807, 2.05) is 58.0 Å². The average Bonchev–Trinajstić information content (AvgIpc) is 2.86. The van der Waals surface area contributed by atoms with Gasteiger partial charge in [-0.05, 0) is 70.5 Å². The summed E-state index contributed by atoms with van der Waals surface area (Å²) in [6, 6.07) is 14.5. The summed E-state index contributed by atoms with van der Waals surface area (Å²) in [5, 5.41) is 13.6. The van der Waals surface area contributed by atoms with E-state index in [1.165, 1.54) is 17.0 Å². The number of rotatable bonds is 7. The second-order valence-electron chi connectivity index (χ2n) is 10.8. The number of piperidine rings is 1. The molecule has 208 valence electrons. The molecule has 3 aromatic rings. The largest absolute Gasteiger partial charge is 0.489 e. The fourth-order valence-electron chi connectivity index (χ4n) is 4.59. The Morgan fingerprint density at radius 3 is 2.49 bits per heavy atom. The van der Waals surface area contributed by atoms with Crippen LogP contribution in [0.4, 0.5) is 4.79 Å². The highest BCUT2D eigenvalue weighted by molar-refractivity contribution is 7.89. The van der Waals surface area contributed by atoms with Crippen LogP contribution in [0.2, 0.25) is 0 Å². The van der Waals surface area contributed by atoms with Crippen molar-refractivity contribution in [1.29, 1.82) is 0 Å². The van der Waals surface area contributed by atoms with Crippen molar-refractivity contribution in [2.75, 3.05) is 13.1 Å². The average molecular weight is 555 g/mol. The minimum Gasteiger partial charge on any atom is -0.489 e. The third-order valence-corrected chi connectivity index (χ3v) is 7.97. The summed E-state index contributed by atoms with van der Waals surface area (Å²) in [6.07, 6.45) is 0.175. The van der Waals surface area contributed by atoms with Crippen molar-refractivity contribution in [2.24, 2.45) is 5.92 Å². The Labute approximate surface area is 228 Å². The van der Waals surface area contributed by atoms with Crippen LogP contribution in [0.15, 0.2) is 59.5 Å². The third-order valence-electron chi connectivity index (χ3n) is 6.46.